The second-order valence-electron chi connectivity index (χ2n) is 8.18. The van der Waals surface area contributed by atoms with E-state index in [1.165, 1.54) is 0 Å². The number of aryl methyl sites for hydroxylation is 3. The van der Waals surface area contributed by atoms with Gasteiger partial charge in [0.15, 0.2) is 0 Å². The minimum absolute atomic E-state index is 0.121. The maximum absolute atomic E-state index is 12.9. The van der Waals surface area contributed by atoms with E-state index in [9.17, 15) is 10.1 Å². The summed E-state index contributed by atoms with van der Waals surface area (Å²) in [6.07, 6.45) is 2.58. The summed E-state index contributed by atoms with van der Waals surface area (Å²) in [7, 11) is 0. The lowest BCUT2D eigenvalue weighted by Crippen LogP contribution is -2.37. The zero-order valence-electron chi connectivity index (χ0n) is 19.1. The molecule has 170 valence electrons. The number of nitrogens with one attached hydrogen (secondary N) is 1. The number of nitriles is 1. The molecule has 0 aromatic carbocycles. The number of nitrogens with zero attached hydrogens (tertiary/aromatic N) is 8. The summed E-state index contributed by atoms with van der Waals surface area (Å²) >= 11 is 0. The second kappa shape index (κ2) is 9.75. The van der Waals surface area contributed by atoms with Gasteiger partial charge in [-0.2, -0.15) is 15.0 Å². The van der Waals surface area contributed by atoms with E-state index in [4.69, 9.17) is 0 Å². The molecule has 1 aliphatic rings. The first-order valence-corrected chi connectivity index (χ1v) is 10.9. The minimum atomic E-state index is -0.121. The van der Waals surface area contributed by atoms with Crippen molar-refractivity contribution in [1.29, 1.82) is 5.26 Å². The average Bonchev–Trinajstić information content (AvgIpc) is 2.99. The minimum Gasteiger partial charge on any atom is -0.354 e. The van der Waals surface area contributed by atoms with Crippen molar-refractivity contribution < 1.29 is 4.79 Å². The van der Waals surface area contributed by atoms with Crippen LogP contribution in [-0.2, 0) is 4.79 Å². The first-order chi connectivity index (χ1) is 15.9. The summed E-state index contributed by atoms with van der Waals surface area (Å²) in [6.45, 7) is 8.92. The first kappa shape index (κ1) is 22.4. The molecular formula is C23H27N9O. The highest BCUT2D eigenvalue weighted by Crippen LogP contribution is 2.19. The maximum Gasteiger partial charge on any atom is 0.252 e. The monoisotopic (exact) mass is 445 g/mol. The SMILES string of the molecule is Cc1cc(C)nc(-n2nc(C)cc2NC(=O)CN2CCCN(c3ncccc3C#N)CC2)n1. The third-order valence-corrected chi connectivity index (χ3v) is 5.42. The van der Waals surface area contributed by atoms with Crippen molar-refractivity contribution >= 4 is 17.5 Å². The molecule has 4 rings (SSSR count). The number of pyridine rings is 1. The molecule has 3 aromatic rings. The lowest BCUT2D eigenvalue weighted by atomic mass is 10.2. The fraction of sp³-hybridized carbons (Fsp3) is 0.391. The van der Waals surface area contributed by atoms with Gasteiger partial charge in [0.25, 0.3) is 5.95 Å². The van der Waals surface area contributed by atoms with Crippen LogP contribution >= 0.6 is 0 Å². The Morgan fingerprint density at radius 2 is 1.88 bits per heavy atom. The predicted molar refractivity (Wildman–Crippen MR) is 124 cm³/mol. The van der Waals surface area contributed by atoms with Crippen LogP contribution in [0.2, 0.25) is 0 Å². The number of aromatic nitrogens is 5. The van der Waals surface area contributed by atoms with Crippen LogP contribution in [0, 0.1) is 32.1 Å². The van der Waals surface area contributed by atoms with E-state index in [2.05, 4.69) is 41.2 Å². The topological polar surface area (TPSA) is 116 Å². The van der Waals surface area contributed by atoms with Crippen LogP contribution in [0.4, 0.5) is 11.6 Å². The Balaban J connectivity index is 1.41. The lowest BCUT2D eigenvalue weighted by molar-refractivity contribution is -0.117. The van der Waals surface area contributed by atoms with Crippen molar-refractivity contribution in [3.8, 4) is 12.0 Å². The number of carbonyl (C=O) groups is 1. The molecule has 0 aliphatic carbocycles. The molecule has 1 fully saturated rings. The number of hydrogen-bond donors (Lipinski definition) is 1. The van der Waals surface area contributed by atoms with E-state index in [0.717, 1.165) is 36.6 Å². The van der Waals surface area contributed by atoms with Gasteiger partial charge in [0, 0.05) is 49.8 Å². The molecule has 10 nitrogen and oxygen atoms in total. The Hall–Kier alpha value is -3.84. The fourth-order valence-corrected chi connectivity index (χ4v) is 4.01. The Bertz CT molecular complexity index is 1180. The summed E-state index contributed by atoms with van der Waals surface area (Å²) < 4.78 is 1.57. The molecule has 33 heavy (non-hydrogen) atoms. The summed E-state index contributed by atoms with van der Waals surface area (Å²) in [4.78, 5) is 30.4. The maximum atomic E-state index is 12.9. The summed E-state index contributed by atoms with van der Waals surface area (Å²) in [5.74, 6) is 1.57. The van der Waals surface area contributed by atoms with E-state index >= 15 is 0 Å². The quantitative estimate of drug-likeness (QED) is 0.634. The van der Waals surface area contributed by atoms with Crippen molar-refractivity contribution in [3.05, 3.63) is 53.1 Å². The van der Waals surface area contributed by atoms with Gasteiger partial charge in [0.05, 0.1) is 17.8 Å². The van der Waals surface area contributed by atoms with Crippen molar-refractivity contribution in [3.63, 3.8) is 0 Å². The molecule has 0 unspecified atom stereocenters. The van der Waals surface area contributed by atoms with Crippen molar-refractivity contribution in [2.75, 3.05) is 42.9 Å². The van der Waals surface area contributed by atoms with Gasteiger partial charge in [-0.1, -0.05) is 0 Å². The van der Waals surface area contributed by atoms with Crippen LogP contribution in [0.25, 0.3) is 5.95 Å². The fourth-order valence-electron chi connectivity index (χ4n) is 4.01. The van der Waals surface area contributed by atoms with E-state index in [-0.39, 0.29) is 12.5 Å². The van der Waals surface area contributed by atoms with Gasteiger partial charge >= 0.3 is 0 Å². The van der Waals surface area contributed by atoms with Gasteiger partial charge < -0.3 is 10.2 Å². The normalized spacial score (nSPS) is 14.5. The first-order valence-electron chi connectivity index (χ1n) is 10.9. The van der Waals surface area contributed by atoms with Gasteiger partial charge in [0.1, 0.15) is 17.7 Å². The van der Waals surface area contributed by atoms with Crippen LogP contribution in [0.15, 0.2) is 30.5 Å². The molecule has 0 spiro atoms. The Morgan fingerprint density at radius 1 is 1.09 bits per heavy atom. The van der Waals surface area contributed by atoms with Crippen molar-refractivity contribution in [1.82, 2.24) is 29.6 Å². The van der Waals surface area contributed by atoms with Crippen LogP contribution in [0.5, 0.6) is 0 Å². The molecule has 1 amide bonds. The van der Waals surface area contributed by atoms with Crippen molar-refractivity contribution in [2.45, 2.75) is 27.2 Å². The number of amides is 1. The van der Waals surface area contributed by atoms with Gasteiger partial charge in [-0.25, -0.2) is 15.0 Å². The largest absolute Gasteiger partial charge is 0.354 e. The number of hydrogen-bond acceptors (Lipinski definition) is 8. The third-order valence-electron chi connectivity index (χ3n) is 5.42. The van der Waals surface area contributed by atoms with E-state index in [1.807, 2.05) is 32.9 Å². The molecule has 0 radical (unpaired) electrons. The van der Waals surface area contributed by atoms with Crippen LogP contribution in [0.1, 0.15) is 29.1 Å². The molecular weight excluding hydrogens is 418 g/mol. The van der Waals surface area contributed by atoms with Crippen LogP contribution < -0.4 is 10.2 Å². The Kier molecular flexibility index (Phi) is 6.60. The van der Waals surface area contributed by atoms with Gasteiger partial charge in [-0.3, -0.25) is 9.69 Å². The average molecular weight is 446 g/mol. The molecule has 4 heterocycles. The third kappa shape index (κ3) is 5.32. The molecule has 0 saturated carbocycles. The lowest BCUT2D eigenvalue weighted by Gasteiger charge is -2.23. The Morgan fingerprint density at radius 3 is 2.64 bits per heavy atom. The van der Waals surface area contributed by atoms with E-state index in [0.29, 0.717) is 36.2 Å². The molecule has 1 N–H and O–H groups in total. The highest BCUT2D eigenvalue weighted by molar-refractivity contribution is 5.91. The van der Waals surface area contributed by atoms with Gasteiger partial charge in [-0.05, 0) is 45.4 Å². The summed E-state index contributed by atoms with van der Waals surface area (Å²) in [6, 6.07) is 9.47. The summed E-state index contributed by atoms with van der Waals surface area (Å²) in [5.41, 5.74) is 3.01. The van der Waals surface area contributed by atoms with Crippen molar-refractivity contribution in [2.24, 2.45) is 0 Å². The zero-order valence-corrected chi connectivity index (χ0v) is 19.1. The molecule has 1 aliphatic heterocycles. The molecule has 1 saturated heterocycles. The van der Waals surface area contributed by atoms with E-state index < -0.39 is 0 Å². The number of anilines is 2. The highest BCUT2D eigenvalue weighted by Gasteiger charge is 2.21. The number of rotatable bonds is 5. The highest BCUT2D eigenvalue weighted by atomic mass is 16.2. The smallest absolute Gasteiger partial charge is 0.252 e. The molecule has 10 heteroatoms. The van der Waals surface area contributed by atoms with Gasteiger partial charge in [0.2, 0.25) is 5.91 Å². The number of carbonyl (C=O) groups excluding carboxylic acids is 1. The predicted octanol–water partition coefficient (Wildman–Crippen LogP) is 2.01. The van der Waals surface area contributed by atoms with Crippen LogP contribution in [0.3, 0.4) is 0 Å². The van der Waals surface area contributed by atoms with E-state index in [1.54, 1.807) is 23.0 Å². The van der Waals surface area contributed by atoms with Crippen LogP contribution in [-0.4, -0.2) is 68.3 Å². The second-order valence-corrected chi connectivity index (χ2v) is 8.18. The molecule has 3 aromatic heterocycles. The summed E-state index contributed by atoms with van der Waals surface area (Å²) in [5, 5.41) is 16.8. The zero-order chi connectivity index (χ0) is 23.4. The molecule has 0 atom stereocenters. The Labute approximate surface area is 192 Å². The standard InChI is InChI=1S/C23H27N9O/c1-16-12-17(2)27-23(26-16)32-20(13-18(3)29-32)28-21(33)15-30-8-5-9-31(11-10-30)22-19(14-24)6-4-7-25-22/h4,6-7,12-13H,5,8-11,15H2,1-3H3,(H,28,33). The van der Waals surface area contributed by atoms with Gasteiger partial charge in [-0.15, -0.1) is 0 Å². The molecule has 0 bridgehead atoms.